The lowest BCUT2D eigenvalue weighted by atomic mass is 10.1. The molecule has 16 heavy (non-hydrogen) atoms. The largest absolute Gasteiger partial charge is 0.316 e. The summed E-state index contributed by atoms with van der Waals surface area (Å²) in [6.07, 6.45) is 2.36. The first-order valence-electron chi connectivity index (χ1n) is 5.92. The van der Waals surface area contributed by atoms with Crippen LogP contribution in [0.4, 0.5) is 0 Å². The molecule has 0 unspecified atom stereocenters. The van der Waals surface area contributed by atoms with Crippen LogP contribution < -0.4 is 5.32 Å². The average molecular weight is 239 g/mol. The van der Waals surface area contributed by atoms with Gasteiger partial charge in [0.25, 0.3) is 0 Å². The second-order valence-electron chi connectivity index (χ2n) is 4.45. The Hall–Kier alpha value is -0.570. The maximum absolute atomic E-state index is 5.96. The van der Waals surface area contributed by atoms with E-state index in [1.165, 1.54) is 25.1 Å². The van der Waals surface area contributed by atoms with Crippen LogP contribution in [0.2, 0.25) is 5.02 Å². The highest BCUT2D eigenvalue weighted by Crippen LogP contribution is 2.13. The lowest BCUT2D eigenvalue weighted by Gasteiger charge is -2.15. The van der Waals surface area contributed by atoms with Gasteiger partial charge in [-0.25, -0.2) is 0 Å². The van der Waals surface area contributed by atoms with Crippen molar-refractivity contribution in [1.82, 2.24) is 10.2 Å². The minimum absolute atomic E-state index is 0.680. The van der Waals surface area contributed by atoms with E-state index in [0.717, 1.165) is 18.0 Å². The van der Waals surface area contributed by atoms with Crippen molar-refractivity contribution in [2.45, 2.75) is 18.9 Å². The number of nitrogens with one attached hydrogen (secondary N) is 1. The van der Waals surface area contributed by atoms with Gasteiger partial charge in [-0.3, -0.25) is 0 Å². The molecule has 0 aliphatic carbocycles. The number of hydrogen-bond acceptors (Lipinski definition) is 2. The lowest BCUT2D eigenvalue weighted by molar-refractivity contribution is 0.334. The number of halogens is 1. The third kappa shape index (κ3) is 3.21. The van der Waals surface area contributed by atoms with Crippen LogP contribution in [-0.2, 0) is 6.42 Å². The number of likely N-dealkylation sites (tertiary alicyclic amines) is 1. The fourth-order valence-corrected chi connectivity index (χ4v) is 2.46. The minimum atomic E-state index is 0.680. The number of benzene rings is 1. The van der Waals surface area contributed by atoms with Crippen LogP contribution in [-0.4, -0.2) is 37.6 Å². The SMILES string of the molecule is CN[C@@H]1CCN(CCc2cccc(Cl)c2)C1. The van der Waals surface area contributed by atoms with Gasteiger partial charge in [0.2, 0.25) is 0 Å². The Kier molecular flexibility index (Phi) is 4.22. The van der Waals surface area contributed by atoms with Crippen molar-refractivity contribution in [1.29, 1.82) is 0 Å². The van der Waals surface area contributed by atoms with Crippen molar-refractivity contribution in [2.24, 2.45) is 0 Å². The molecule has 1 heterocycles. The van der Waals surface area contributed by atoms with E-state index in [1.54, 1.807) is 0 Å². The van der Waals surface area contributed by atoms with Gasteiger partial charge in [0.15, 0.2) is 0 Å². The fourth-order valence-electron chi connectivity index (χ4n) is 2.25. The van der Waals surface area contributed by atoms with Gasteiger partial charge in [-0.05, 0) is 44.1 Å². The highest BCUT2D eigenvalue weighted by Gasteiger charge is 2.19. The number of likely N-dealkylation sites (N-methyl/N-ethyl adjacent to an activating group) is 1. The van der Waals surface area contributed by atoms with Crippen LogP contribution >= 0.6 is 11.6 Å². The summed E-state index contributed by atoms with van der Waals surface area (Å²) in [5, 5.41) is 4.18. The first kappa shape index (κ1) is 11.9. The van der Waals surface area contributed by atoms with E-state index in [-0.39, 0.29) is 0 Å². The maximum Gasteiger partial charge on any atom is 0.0408 e. The monoisotopic (exact) mass is 238 g/mol. The summed E-state index contributed by atoms with van der Waals surface area (Å²) in [6.45, 7) is 3.53. The Morgan fingerprint density at radius 2 is 2.38 bits per heavy atom. The summed E-state index contributed by atoms with van der Waals surface area (Å²) in [6, 6.07) is 8.85. The molecule has 1 aromatic rings. The molecule has 0 bridgehead atoms. The zero-order valence-electron chi connectivity index (χ0n) is 9.75. The van der Waals surface area contributed by atoms with E-state index >= 15 is 0 Å². The van der Waals surface area contributed by atoms with Crippen molar-refractivity contribution in [3.8, 4) is 0 Å². The number of rotatable bonds is 4. The lowest BCUT2D eigenvalue weighted by Crippen LogP contribution is -2.30. The third-order valence-electron chi connectivity index (χ3n) is 3.29. The number of hydrogen-bond donors (Lipinski definition) is 1. The van der Waals surface area contributed by atoms with E-state index in [2.05, 4.69) is 22.3 Å². The molecule has 0 radical (unpaired) electrons. The van der Waals surface area contributed by atoms with E-state index < -0.39 is 0 Å². The van der Waals surface area contributed by atoms with Crippen molar-refractivity contribution in [3.05, 3.63) is 34.9 Å². The van der Waals surface area contributed by atoms with Gasteiger partial charge in [-0.1, -0.05) is 23.7 Å². The van der Waals surface area contributed by atoms with Gasteiger partial charge < -0.3 is 10.2 Å². The molecule has 1 aromatic carbocycles. The van der Waals surface area contributed by atoms with Crippen LogP contribution in [0.1, 0.15) is 12.0 Å². The molecule has 1 N–H and O–H groups in total. The predicted octanol–water partition coefficient (Wildman–Crippen LogP) is 2.18. The highest BCUT2D eigenvalue weighted by molar-refractivity contribution is 6.30. The average Bonchev–Trinajstić information content (AvgIpc) is 2.74. The zero-order chi connectivity index (χ0) is 11.4. The summed E-state index contributed by atoms with van der Waals surface area (Å²) in [5.41, 5.74) is 1.33. The molecule has 3 heteroatoms. The molecule has 1 aliphatic rings. The second kappa shape index (κ2) is 5.67. The first-order valence-corrected chi connectivity index (χ1v) is 6.30. The van der Waals surface area contributed by atoms with Gasteiger partial charge in [0.1, 0.15) is 0 Å². The molecule has 1 aliphatic heterocycles. The molecule has 0 amide bonds. The summed E-state index contributed by atoms with van der Waals surface area (Å²) in [5.74, 6) is 0. The van der Waals surface area contributed by atoms with Crippen LogP contribution in [0.3, 0.4) is 0 Å². The third-order valence-corrected chi connectivity index (χ3v) is 3.52. The van der Waals surface area contributed by atoms with Crippen molar-refractivity contribution >= 4 is 11.6 Å². The fraction of sp³-hybridized carbons (Fsp3) is 0.538. The molecule has 1 atom stereocenters. The summed E-state index contributed by atoms with van der Waals surface area (Å²) in [4.78, 5) is 2.52. The van der Waals surface area contributed by atoms with Gasteiger partial charge in [0.05, 0.1) is 0 Å². The van der Waals surface area contributed by atoms with Crippen molar-refractivity contribution in [3.63, 3.8) is 0 Å². The van der Waals surface area contributed by atoms with Gasteiger partial charge in [-0.15, -0.1) is 0 Å². The summed E-state index contributed by atoms with van der Waals surface area (Å²) >= 11 is 5.96. The Morgan fingerprint density at radius 3 is 3.06 bits per heavy atom. The topological polar surface area (TPSA) is 15.3 Å². The van der Waals surface area contributed by atoms with Crippen LogP contribution in [0.25, 0.3) is 0 Å². The van der Waals surface area contributed by atoms with E-state index in [1.807, 2.05) is 19.2 Å². The first-order chi connectivity index (χ1) is 7.78. The molecule has 0 saturated carbocycles. The second-order valence-corrected chi connectivity index (χ2v) is 4.89. The molecule has 2 rings (SSSR count). The van der Waals surface area contributed by atoms with Crippen molar-refractivity contribution in [2.75, 3.05) is 26.7 Å². The molecular weight excluding hydrogens is 220 g/mol. The summed E-state index contributed by atoms with van der Waals surface area (Å²) in [7, 11) is 2.05. The Bertz CT molecular complexity index is 340. The van der Waals surface area contributed by atoms with Crippen molar-refractivity contribution < 1.29 is 0 Å². The van der Waals surface area contributed by atoms with Crippen LogP contribution in [0.15, 0.2) is 24.3 Å². The Labute approximate surface area is 103 Å². The van der Waals surface area contributed by atoms with Gasteiger partial charge in [-0.2, -0.15) is 0 Å². The predicted molar refractivity (Wildman–Crippen MR) is 69.1 cm³/mol. The quantitative estimate of drug-likeness (QED) is 0.865. The van der Waals surface area contributed by atoms with E-state index in [4.69, 9.17) is 11.6 Å². The zero-order valence-corrected chi connectivity index (χ0v) is 10.5. The van der Waals surface area contributed by atoms with E-state index in [0.29, 0.717) is 6.04 Å². The van der Waals surface area contributed by atoms with Crippen LogP contribution in [0.5, 0.6) is 0 Å². The highest BCUT2D eigenvalue weighted by atomic mass is 35.5. The molecule has 88 valence electrons. The number of nitrogens with zero attached hydrogens (tertiary/aromatic N) is 1. The Balaban J connectivity index is 1.80. The van der Waals surface area contributed by atoms with Gasteiger partial charge in [0, 0.05) is 24.2 Å². The summed E-state index contributed by atoms with van der Waals surface area (Å²) < 4.78 is 0. The van der Waals surface area contributed by atoms with Gasteiger partial charge >= 0.3 is 0 Å². The standard InChI is InChI=1S/C13H19ClN2/c1-15-13-6-8-16(10-13)7-5-11-3-2-4-12(14)9-11/h2-4,9,13,15H,5-8,10H2,1H3/t13-/m1/s1. The minimum Gasteiger partial charge on any atom is -0.316 e. The van der Waals surface area contributed by atoms with E-state index in [9.17, 15) is 0 Å². The molecule has 0 spiro atoms. The Morgan fingerprint density at radius 1 is 1.50 bits per heavy atom. The molecular formula is C13H19ClN2. The normalized spacial score (nSPS) is 21.5. The molecule has 1 fully saturated rings. The molecule has 2 nitrogen and oxygen atoms in total. The molecule has 0 aromatic heterocycles. The maximum atomic E-state index is 5.96. The van der Waals surface area contributed by atoms with Crippen LogP contribution in [0, 0.1) is 0 Å². The smallest absolute Gasteiger partial charge is 0.0408 e. The molecule has 1 saturated heterocycles.